The van der Waals surface area contributed by atoms with E-state index < -0.39 is 22.9 Å². The summed E-state index contributed by atoms with van der Waals surface area (Å²) in [5.41, 5.74) is 0. The molecular weight excluding hydrogens is 202 g/mol. The molecule has 0 spiro atoms. The molecule has 0 aliphatic heterocycles. The Morgan fingerprint density at radius 1 is 1.47 bits per heavy atom. The van der Waals surface area contributed by atoms with Crippen LogP contribution in [0.5, 0.6) is 0 Å². The zero-order chi connectivity index (χ0) is 12.0. The van der Waals surface area contributed by atoms with Gasteiger partial charge < -0.3 is 4.74 Å². The third-order valence-corrected chi connectivity index (χ3v) is 2.01. The molecule has 0 bridgehead atoms. The summed E-state index contributed by atoms with van der Waals surface area (Å²) in [5.74, 6) is -1.93. The Kier molecular flexibility index (Phi) is 5.51. The van der Waals surface area contributed by atoms with Gasteiger partial charge in [-0.05, 0) is 13.8 Å². The number of nitro groups is 1. The lowest BCUT2D eigenvalue weighted by molar-refractivity contribution is -0.525. The molecule has 0 aliphatic rings. The maximum absolute atomic E-state index is 11.3. The SMILES string of the molecule is CCOC(=O)[C@H](CC(C)=O)C(C)[N+](=O)[O-]. The Hall–Kier alpha value is -1.46. The van der Waals surface area contributed by atoms with Gasteiger partial charge in [0.15, 0.2) is 0 Å². The van der Waals surface area contributed by atoms with E-state index in [1.54, 1.807) is 6.92 Å². The van der Waals surface area contributed by atoms with Gasteiger partial charge in [0.25, 0.3) is 0 Å². The average molecular weight is 217 g/mol. The number of hydrogen-bond donors (Lipinski definition) is 0. The van der Waals surface area contributed by atoms with Crippen LogP contribution in [0.25, 0.3) is 0 Å². The second-order valence-electron chi connectivity index (χ2n) is 3.29. The fourth-order valence-corrected chi connectivity index (χ4v) is 1.16. The lowest BCUT2D eigenvalue weighted by Crippen LogP contribution is -2.34. The Morgan fingerprint density at radius 3 is 2.33 bits per heavy atom. The Bertz CT molecular complexity index is 263. The van der Waals surface area contributed by atoms with E-state index in [9.17, 15) is 19.7 Å². The van der Waals surface area contributed by atoms with Gasteiger partial charge in [-0.1, -0.05) is 0 Å². The zero-order valence-electron chi connectivity index (χ0n) is 9.06. The molecule has 86 valence electrons. The molecule has 1 unspecified atom stereocenters. The first-order chi connectivity index (χ1) is 6.90. The molecule has 0 radical (unpaired) electrons. The lowest BCUT2D eigenvalue weighted by Gasteiger charge is -2.14. The molecular formula is C9H15NO5. The number of ether oxygens (including phenoxy) is 1. The highest BCUT2D eigenvalue weighted by Crippen LogP contribution is 2.14. The van der Waals surface area contributed by atoms with E-state index in [1.807, 2.05) is 0 Å². The summed E-state index contributed by atoms with van der Waals surface area (Å²) in [4.78, 5) is 32.1. The van der Waals surface area contributed by atoms with Crippen molar-refractivity contribution >= 4 is 11.8 Å². The molecule has 0 aromatic rings. The van der Waals surface area contributed by atoms with E-state index >= 15 is 0 Å². The summed E-state index contributed by atoms with van der Waals surface area (Å²) in [7, 11) is 0. The summed E-state index contributed by atoms with van der Waals surface area (Å²) in [6.45, 7) is 4.35. The highest BCUT2D eigenvalue weighted by molar-refractivity contribution is 5.83. The van der Waals surface area contributed by atoms with Crippen LogP contribution in [-0.4, -0.2) is 29.3 Å². The van der Waals surface area contributed by atoms with E-state index in [0.29, 0.717) is 0 Å². The van der Waals surface area contributed by atoms with Gasteiger partial charge in [0.2, 0.25) is 6.04 Å². The van der Waals surface area contributed by atoms with Crippen molar-refractivity contribution in [1.29, 1.82) is 0 Å². The number of nitrogens with zero attached hydrogens (tertiary/aromatic N) is 1. The van der Waals surface area contributed by atoms with Crippen LogP contribution >= 0.6 is 0 Å². The minimum absolute atomic E-state index is 0.150. The monoisotopic (exact) mass is 217 g/mol. The second kappa shape index (κ2) is 6.10. The van der Waals surface area contributed by atoms with E-state index in [0.717, 1.165) is 0 Å². The molecule has 0 aliphatic carbocycles. The fraction of sp³-hybridized carbons (Fsp3) is 0.778. The highest BCUT2D eigenvalue weighted by atomic mass is 16.6. The summed E-state index contributed by atoms with van der Waals surface area (Å²) >= 11 is 0. The number of Topliss-reactive ketones (excluding diaryl/α,β-unsaturated/α-hetero) is 1. The van der Waals surface area contributed by atoms with E-state index in [1.165, 1.54) is 13.8 Å². The largest absolute Gasteiger partial charge is 0.466 e. The van der Waals surface area contributed by atoms with Crippen LogP contribution in [0.4, 0.5) is 0 Å². The van der Waals surface area contributed by atoms with Crippen LogP contribution in [0.2, 0.25) is 0 Å². The molecule has 6 heteroatoms. The van der Waals surface area contributed by atoms with Gasteiger partial charge in [0.05, 0.1) is 6.61 Å². The molecule has 0 saturated carbocycles. The summed E-state index contributed by atoms with van der Waals surface area (Å²) in [5, 5.41) is 10.5. The molecule has 0 rings (SSSR count). The van der Waals surface area contributed by atoms with Crippen LogP contribution < -0.4 is 0 Å². The van der Waals surface area contributed by atoms with Gasteiger partial charge in [0.1, 0.15) is 11.7 Å². The van der Waals surface area contributed by atoms with Crippen molar-refractivity contribution in [2.75, 3.05) is 6.61 Å². The maximum atomic E-state index is 11.3. The second-order valence-corrected chi connectivity index (χ2v) is 3.29. The van der Waals surface area contributed by atoms with Gasteiger partial charge in [-0.3, -0.25) is 19.7 Å². The number of esters is 1. The molecule has 0 heterocycles. The standard InChI is InChI=1S/C9H15NO5/c1-4-15-9(12)8(5-6(2)11)7(3)10(13)14/h7-8H,4-5H2,1-3H3/t7?,8-/m1/s1. The van der Waals surface area contributed by atoms with Gasteiger partial charge in [0, 0.05) is 18.3 Å². The molecule has 0 aromatic heterocycles. The fourth-order valence-electron chi connectivity index (χ4n) is 1.16. The molecule has 0 saturated heterocycles. The van der Waals surface area contributed by atoms with Crippen LogP contribution in [0.15, 0.2) is 0 Å². The van der Waals surface area contributed by atoms with Crippen LogP contribution in [0, 0.1) is 16.0 Å². The molecule has 15 heavy (non-hydrogen) atoms. The predicted octanol–water partition coefficient (Wildman–Crippen LogP) is 0.810. The Morgan fingerprint density at radius 2 is 2.00 bits per heavy atom. The number of hydrogen-bond acceptors (Lipinski definition) is 5. The number of ketones is 1. The van der Waals surface area contributed by atoms with Crippen molar-refractivity contribution in [3.63, 3.8) is 0 Å². The summed E-state index contributed by atoms with van der Waals surface area (Å²) < 4.78 is 4.68. The predicted molar refractivity (Wildman–Crippen MR) is 51.9 cm³/mol. The van der Waals surface area contributed by atoms with Crippen LogP contribution in [0.3, 0.4) is 0 Å². The molecule has 6 nitrogen and oxygen atoms in total. The van der Waals surface area contributed by atoms with E-state index in [-0.39, 0.29) is 18.8 Å². The van der Waals surface area contributed by atoms with Gasteiger partial charge in [-0.2, -0.15) is 0 Å². The molecule has 0 fully saturated rings. The number of carbonyl (C=O) groups excluding carboxylic acids is 2. The highest BCUT2D eigenvalue weighted by Gasteiger charge is 2.35. The smallest absolute Gasteiger partial charge is 0.316 e. The molecule has 2 atom stereocenters. The van der Waals surface area contributed by atoms with Crippen molar-refractivity contribution in [2.45, 2.75) is 33.2 Å². The first-order valence-electron chi connectivity index (χ1n) is 4.69. The third-order valence-electron chi connectivity index (χ3n) is 2.01. The van der Waals surface area contributed by atoms with Crippen molar-refractivity contribution in [2.24, 2.45) is 5.92 Å². The van der Waals surface area contributed by atoms with E-state index in [4.69, 9.17) is 0 Å². The minimum Gasteiger partial charge on any atom is -0.466 e. The first-order valence-corrected chi connectivity index (χ1v) is 4.69. The minimum atomic E-state index is -1.10. The Balaban J connectivity index is 4.63. The maximum Gasteiger partial charge on any atom is 0.316 e. The van der Waals surface area contributed by atoms with Crippen molar-refractivity contribution in [3.05, 3.63) is 10.1 Å². The van der Waals surface area contributed by atoms with Gasteiger partial charge in [-0.25, -0.2) is 0 Å². The van der Waals surface area contributed by atoms with Gasteiger partial charge >= 0.3 is 5.97 Å². The summed E-state index contributed by atoms with van der Waals surface area (Å²) in [6, 6.07) is -1.10. The van der Waals surface area contributed by atoms with Crippen LogP contribution in [-0.2, 0) is 14.3 Å². The average Bonchev–Trinajstić information content (AvgIpc) is 2.13. The molecule has 0 aromatic carbocycles. The number of carbonyl (C=O) groups is 2. The normalized spacial score (nSPS) is 14.1. The quantitative estimate of drug-likeness (QED) is 0.373. The third kappa shape index (κ3) is 4.53. The zero-order valence-corrected chi connectivity index (χ0v) is 9.06. The molecule has 0 N–H and O–H groups in total. The first kappa shape index (κ1) is 13.5. The Labute approximate surface area is 87.7 Å². The van der Waals surface area contributed by atoms with Crippen molar-refractivity contribution in [1.82, 2.24) is 0 Å². The molecule has 0 amide bonds. The van der Waals surface area contributed by atoms with Crippen molar-refractivity contribution < 1.29 is 19.2 Å². The van der Waals surface area contributed by atoms with Crippen LogP contribution in [0.1, 0.15) is 27.2 Å². The number of rotatable bonds is 6. The topological polar surface area (TPSA) is 86.5 Å². The van der Waals surface area contributed by atoms with Crippen molar-refractivity contribution in [3.8, 4) is 0 Å². The summed E-state index contributed by atoms with van der Waals surface area (Å²) in [6.07, 6.45) is -0.152. The lowest BCUT2D eigenvalue weighted by atomic mass is 9.96. The van der Waals surface area contributed by atoms with E-state index in [2.05, 4.69) is 4.74 Å². The van der Waals surface area contributed by atoms with Gasteiger partial charge in [-0.15, -0.1) is 0 Å².